The molecule has 0 aromatic heterocycles. The van der Waals surface area contributed by atoms with Crippen LogP contribution >= 0.6 is 0 Å². The van der Waals surface area contributed by atoms with E-state index in [2.05, 4.69) is 31.8 Å². The molecule has 0 unspecified atom stereocenters. The van der Waals surface area contributed by atoms with Gasteiger partial charge >= 0.3 is 0 Å². The third-order valence-corrected chi connectivity index (χ3v) is 2.89. The van der Waals surface area contributed by atoms with Crippen LogP contribution in [-0.2, 0) is 13.3 Å². The zero-order chi connectivity index (χ0) is 11.8. The average Bonchev–Trinajstić information content (AvgIpc) is 2.07. The fourth-order valence-corrected chi connectivity index (χ4v) is 2.80. The molecule has 0 saturated heterocycles. The highest BCUT2D eigenvalue weighted by Crippen LogP contribution is 2.29. The van der Waals surface area contributed by atoms with Crippen LogP contribution in [0.15, 0.2) is 0 Å². The van der Waals surface area contributed by atoms with Gasteiger partial charge in [-0.15, -0.1) is 0 Å². The van der Waals surface area contributed by atoms with Crippen molar-refractivity contribution in [1.29, 1.82) is 0 Å². The van der Waals surface area contributed by atoms with Crippen LogP contribution in [0.3, 0.4) is 0 Å². The van der Waals surface area contributed by atoms with Crippen LogP contribution in [0, 0.1) is 11.8 Å². The number of methoxy groups -OCH3 is 1. The van der Waals surface area contributed by atoms with E-state index in [0.717, 1.165) is 31.5 Å². The summed E-state index contributed by atoms with van der Waals surface area (Å²) in [6.45, 7) is 8.51. The van der Waals surface area contributed by atoms with Crippen LogP contribution in [-0.4, -0.2) is 44.4 Å². The number of hydrogen-bond acceptors (Lipinski definition) is 3. The molecule has 0 radical (unpaired) electrons. The van der Waals surface area contributed by atoms with Crippen LogP contribution in [0.5, 0.6) is 0 Å². The molecule has 0 bridgehead atoms. The van der Waals surface area contributed by atoms with E-state index in [1.807, 2.05) is 0 Å². The second-order valence-corrected chi connectivity index (χ2v) is 7.52. The van der Waals surface area contributed by atoms with Gasteiger partial charge in [0.05, 0.1) is 0 Å². The molecule has 0 aliphatic heterocycles. The van der Waals surface area contributed by atoms with Crippen molar-refractivity contribution in [1.82, 2.24) is 0 Å². The van der Waals surface area contributed by atoms with Crippen LogP contribution in [0.2, 0.25) is 0 Å². The van der Waals surface area contributed by atoms with E-state index >= 15 is 0 Å². The first-order chi connectivity index (χ1) is 6.42. The van der Waals surface area contributed by atoms with Gasteiger partial charge in [-0.2, -0.15) is 0 Å². The standard InChI is InChI=1S/C8H20O2Si.H6OSi2/c1-6(2)8(9-5,10-11)7(3)4;2-1-3/h6-7H,1-5,11H3;2-3H3. The molecule has 0 aromatic rings. The number of hydrogen-bond donors (Lipinski definition) is 0. The highest BCUT2D eigenvalue weighted by Gasteiger charge is 2.36. The molecular weight excluding hydrogens is 228 g/mol. The van der Waals surface area contributed by atoms with Gasteiger partial charge in [0, 0.05) is 18.9 Å². The fraction of sp³-hybridized carbons (Fsp3) is 1.00. The lowest BCUT2D eigenvalue weighted by Gasteiger charge is -2.39. The van der Waals surface area contributed by atoms with Gasteiger partial charge in [-0.1, -0.05) is 27.7 Å². The van der Waals surface area contributed by atoms with Crippen molar-refractivity contribution in [3.8, 4) is 0 Å². The van der Waals surface area contributed by atoms with Crippen molar-refractivity contribution < 1.29 is 13.3 Å². The molecule has 0 aliphatic carbocycles. The van der Waals surface area contributed by atoms with Crippen LogP contribution in [0.1, 0.15) is 27.7 Å². The fourth-order valence-electron chi connectivity index (χ4n) is 1.69. The first kappa shape index (κ1) is 16.9. The van der Waals surface area contributed by atoms with Crippen molar-refractivity contribution in [3.63, 3.8) is 0 Å². The minimum Gasteiger partial charge on any atom is -0.471 e. The SMILES string of the molecule is COC(O[SiH3])(C(C)C)C(C)C.[SiH3]O[SiH3]. The Morgan fingerprint density at radius 2 is 1.21 bits per heavy atom. The summed E-state index contributed by atoms with van der Waals surface area (Å²) in [4.78, 5) is 0. The van der Waals surface area contributed by atoms with E-state index in [-0.39, 0.29) is 5.79 Å². The Morgan fingerprint density at radius 1 is 0.929 bits per heavy atom. The van der Waals surface area contributed by atoms with E-state index in [9.17, 15) is 0 Å². The summed E-state index contributed by atoms with van der Waals surface area (Å²) >= 11 is 0. The van der Waals surface area contributed by atoms with E-state index < -0.39 is 0 Å². The molecule has 0 fully saturated rings. The van der Waals surface area contributed by atoms with Gasteiger partial charge in [0.25, 0.3) is 0 Å². The van der Waals surface area contributed by atoms with Crippen LogP contribution in [0.4, 0.5) is 0 Å². The van der Waals surface area contributed by atoms with Crippen LogP contribution in [0.25, 0.3) is 0 Å². The maximum absolute atomic E-state index is 5.53. The lowest BCUT2D eigenvalue weighted by atomic mass is 9.92. The summed E-state index contributed by atoms with van der Waals surface area (Å²) in [6.07, 6.45) is 0. The molecule has 0 aliphatic rings. The Bertz CT molecular complexity index is 117. The Morgan fingerprint density at radius 3 is 1.21 bits per heavy atom. The van der Waals surface area contributed by atoms with Gasteiger partial charge in [0.2, 0.25) is 0 Å². The van der Waals surface area contributed by atoms with E-state index in [4.69, 9.17) is 9.16 Å². The predicted molar refractivity (Wildman–Crippen MR) is 71.4 cm³/mol. The summed E-state index contributed by atoms with van der Waals surface area (Å²) in [5.41, 5.74) is 0. The molecule has 0 spiro atoms. The van der Waals surface area contributed by atoms with Crippen LogP contribution < -0.4 is 0 Å². The summed E-state index contributed by atoms with van der Waals surface area (Å²) < 4.78 is 15.5. The van der Waals surface area contributed by atoms with E-state index in [0.29, 0.717) is 11.8 Å². The second-order valence-electron chi connectivity index (χ2n) is 3.85. The zero-order valence-electron chi connectivity index (χ0n) is 10.9. The van der Waals surface area contributed by atoms with Gasteiger partial charge < -0.3 is 13.3 Å². The molecule has 14 heavy (non-hydrogen) atoms. The Kier molecular flexibility index (Phi) is 10.7. The highest BCUT2D eigenvalue weighted by atomic mass is 28.3. The van der Waals surface area contributed by atoms with Gasteiger partial charge in [0.1, 0.15) is 31.5 Å². The summed E-state index contributed by atoms with van der Waals surface area (Å²) in [5.74, 6) is 0.460. The minimum atomic E-state index is -0.355. The molecular formula is C8H26O3Si3. The van der Waals surface area contributed by atoms with Gasteiger partial charge in [-0.25, -0.2) is 0 Å². The summed E-state index contributed by atoms with van der Waals surface area (Å²) in [6, 6.07) is 0. The van der Waals surface area contributed by atoms with Gasteiger partial charge in [0.15, 0.2) is 5.79 Å². The Balaban J connectivity index is 0. The quantitative estimate of drug-likeness (QED) is 0.452. The number of ether oxygens (including phenoxy) is 1. The smallest absolute Gasteiger partial charge is 0.162 e. The molecule has 0 aromatic carbocycles. The summed E-state index contributed by atoms with van der Waals surface area (Å²) in [7, 11) is 4.31. The molecule has 6 heteroatoms. The Hall–Kier alpha value is 0.531. The summed E-state index contributed by atoms with van der Waals surface area (Å²) in [5, 5.41) is 0. The average molecular weight is 255 g/mol. The molecule has 0 saturated carbocycles. The monoisotopic (exact) mass is 254 g/mol. The first-order valence-electron chi connectivity index (χ1n) is 4.93. The third-order valence-electron chi connectivity index (χ3n) is 2.25. The molecule has 0 amide bonds. The van der Waals surface area contributed by atoms with Crippen molar-refractivity contribution in [3.05, 3.63) is 0 Å². The third kappa shape index (κ3) is 4.85. The van der Waals surface area contributed by atoms with Crippen molar-refractivity contribution in [2.75, 3.05) is 7.11 Å². The second kappa shape index (κ2) is 8.81. The molecule has 0 N–H and O–H groups in total. The minimum absolute atomic E-state index is 0.355. The van der Waals surface area contributed by atoms with Gasteiger partial charge in [-0.3, -0.25) is 0 Å². The molecule has 0 atom stereocenters. The topological polar surface area (TPSA) is 27.7 Å². The van der Waals surface area contributed by atoms with Gasteiger partial charge in [-0.05, 0) is 0 Å². The highest BCUT2D eigenvalue weighted by molar-refractivity contribution is 6.15. The zero-order valence-corrected chi connectivity index (χ0v) is 16.9. The first-order valence-corrected chi connectivity index (χ1v) is 7.38. The van der Waals surface area contributed by atoms with E-state index in [1.54, 1.807) is 7.11 Å². The maximum Gasteiger partial charge on any atom is 0.162 e. The molecule has 3 nitrogen and oxygen atoms in total. The molecule has 88 valence electrons. The van der Waals surface area contributed by atoms with Crippen molar-refractivity contribution >= 4 is 31.5 Å². The Labute approximate surface area is 97.5 Å². The lowest BCUT2D eigenvalue weighted by molar-refractivity contribution is -0.220. The number of rotatable bonds is 4. The molecule has 0 rings (SSSR count). The maximum atomic E-state index is 5.53. The van der Waals surface area contributed by atoms with E-state index in [1.165, 1.54) is 0 Å². The lowest BCUT2D eigenvalue weighted by Crippen LogP contribution is -2.44. The molecule has 0 heterocycles. The van der Waals surface area contributed by atoms with Crippen molar-refractivity contribution in [2.24, 2.45) is 11.8 Å². The predicted octanol–water partition coefficient (Wildman–Crippen LogP) is -1.50. The van der Waals surface area contributed by atoms with Crippen molar-refractivity contribution in [2.45, 2.75) is 33.5 Å². The normalized spacial score (nSPS) is 12.2. The largest absolute Gasteiger partial charge is 0.471 e.